The molecule has 0 radical (unpaired) electrons. The van der Waals surface area contributed by atoms with Gasteiger partial charge in [0.05, 0.1) is 17.8 Å². The zero-order chi connectivity index (χ0) is 11.5. The fourth-order valence-corrected chi connectivity index (χ4v) is 1.74. The van der Waals surface area contributed by atoms with Crippen molar-refractivity contribution in [3.63, 3.8) is 0 Å². The van der Waals surface area contributed by atoms with E-state index in [2.05, 4.69) is 10.5 Å². The number of rotatable bonds is 5. The highest BCUT2D eigenvalue weighted by Gasteiger charge is 2.31. The Labute approximate surface area is 90.6 Å². The molecular weight excluding hydrogens is 192 g/mol. The Bertz CT molecular complexity index is 308. The Morgan fingerprint density at radius 1 is 1.67 bits per heavy atom. The average Bonchev–Trinajstić information content (AvgIpc) is 2.52. The van der Waals surface area contributed by atoms with Crippen LogP contribution in [0.5, 0.6) is 0 Å². The first-order valence-corrected chi connectivity index (χ1v) is 5.10. The molecule has 0 aliphatic heterocycles. The van der Waals surface area contributed by atoms with Crippen LogP contribution in [0.25, 0.3) is 0 Å². The average molecular weight is 212 g/mol. The number of hydrogen-bond acceptors (Lipinski definition) is 4. The molecule has 0 aliphatic rings. The maximum atomic E-state index is 5.67. The summed E-state index contributed by atoms with van der Waals surface area (Å²) in [4.78, 5) is 0. The third kappa shape index (κ3) is 2.77. The van der Waals surface area contributed by atoms with Gasteiger partial charge in [0.2, 0.25) is 0 Å². The van der Waals surface area contributed by atoms with E-state index in [1.807, 2.05) is 34.0 Å². The molecule has 0 fully saturated rings. The molecule has 0 saturated carbocycles. The van der Waals surface area contributed by atoms with Gasteiger partial charge in [-0.15, -0.1) is 0 Å². The first-order valence-electron chi connectivity index (χ1n) is 5.10. The molecule has 1 unspecified atom stereocenters. The van der Waals surface area contributed by atoms with Crippen LogP contribution < -0.4 is 11.3 Å². The molecule has 15 heavy (non-hydrogen) atoms. The first-order chi connectivity index (χ1) is 7.01. The molecule has 0 saturated heterocycles. The lowest BCUT2D eigenvalue weighted by Crippen LogP contribution is -2.44. The van der Waals surface area contributed by atoms with E-state index in [-0.39, 0.29) is 11.6 Å². The molecule has 1 aromatic heterocycles. The van der Waals surface area contributed by atoms with E-state index in [0.717, 1.165) is 5.56 Å². The monoisotopic (exact) mass is 212 g/mol. The van der Waals surface area contributed by atoms with Gasteiger partial charge in [-0.1, -0.05) is 0 Å². The van der Waals surface area contributed by atoms with Crippen LogP contribution in [0.2, 0.25) is 0 Å². The third-order valence-corrected chi connectivity index (χ3v) is 2.44. The number of nitrogens with one attached hydrogen (secondary N) is 1. The van der Waals surface area contributed by atoms with Crippen LogP contribution in [0.1, 0.15) is 32.4 Å². The highest BCUT2D eigenvalue weighted by Crippen LogP contribution is 2.27. The van der Waals surface area contributed by atoms with Crippen LogP contribution in [0.15, 0.2) is 12.4 Å². The second-order valence-corrected chi connectivity index (χ2v) is 4.08. The highest BCUT2D eigenvalue weighted by atomic mass is 16.5. The summed E-state index contributed by atoms with van der Waals surface area (Å²) in [6.45, 7) is 6.64. The summed E-state index contributed by atoms with van der Waals surface area (Å²) in [5, 5.41) is 4.12. The molecule has 5 heteroatoms. The van der Waals surface area contributed by atoms with E-state index in [1.165, 1.54) is 0 Å². The molecule has 5 nitrogen and oxygen atoms in total. The molecule has 0 aromatic carbocycles. The van der Waals surface area contributed by atoms with Crippen molar-refractivity contribution in [1.82, 2.24) is 15.2 Å². The van der Waals surface area contributed by atoms with Crippen LogP contribution in [0.3, 0.4) is 0 Å². The second-order valence-electron chi connectivity index (χ2n) is 4.08. The predicted molar refractivity (Wildman–Crippen MR) is 59.0 cm³/mol. The molecule has 0 bridgehead atoms. The first kappa shape index (κ1) is 12.2. The molecule has 1 heterocycles. The maximum absolute atomic E-state index is 5.67. The van der Waals surface area contributed by atoms with Gasteiger partial charge >= 0.3 is 0 Å². The van der Waals surface area contributed by atoms with Crippen molar-refractivity contribution in [2.75, 3.05) is 6.61 Å². The smallest absolute Gasteiger partial charge is 0.0834 e. The highest BCUT2D eigenvalue weighted by molar-refractivity contribution is 5.14. The van der Waals surface area contributed by atoms with Crippen LogP contribution in [-0.2, 0) is 11.8 Å². The molecule has 1 aromatic rings. The van der Waals surface area contributed by atoms with Gasteiger partial charge in [-0.05, 0) is 20.8 Å². The van der Waals surface area contributed by atoms with Crippen molar-refractivity contribution in [2.45, 2.75) is 32.4 Å². The van der Waals surface area contributed by atoms with Gasteiger partial charge in [-0.25, -0.2) is 5.43 Å². The summed E-state index contributed by atoms with van der Waals surface area (Å²) in [7, 11) is 1.88. The number of nitrogens with two attached hydrogens (primary N) is 1. The fraction of sp³-hybridized carbons (Fsp3) is 0.700. The Morgan fingerprint density at radius 3 is 2.73 bits per heavy atom. The Kier molecular flexibility index (Phi) is 3.84. The van der Waals surface area contributed by atoms with Gasteiger partial charge in [-0.3, -0.25) is 10.5 Å². The Morgan fingerprint density at radius 2 is 2.33 bits per heavy atom. The number of hydrazine groups is 1. The molecule has 3 N–H and O–H groups in total. The topological polar surface area (TPSA) is 65.1 Å². The largest absolute Gasteiger partial charge is 0.374 e. The van der Waals surface area contributed by atoms with E-state index in [0.29, 0.717) is 6.61 Å². The van der Waals surface area contributed by atoms with E-state index >= 15 is 0 Å². The Balaban J connectivity index is 2.88. The van der Waals surface area contributed by atoms with Crippen molar-refractivity contribution in [3.8, 4) is 0 Å². The number of hydrogen-bond donors (Lipinski definition) is 2. The van der Waals surface area contributed by atoms with Crippen LogP contribution in [0, 0.1) is 0 Å². The summed E-state index contributed by atoms with van der Waals surface area (Å²) in [5.41, 5.74) is 3.45. The van der Waals surface area contributed by atoms with Gasteiger partial charge in [0.1, 0.15) is 0 Å². The SMILES string of the molecule is CCOC(C)(C)C(NN)c1cnn(C)c1. The molecule has 0 spiro atoms. The lowest BCUT2D eigenvalue weighted by Gasteiger charge is -2.33. The summed E-state index contributed by atoms with van der Waals surface area (Å²) in [5.74, 6) is 5.56. The summed E-state index contributed by atoms with van der Waals surface area (Å²) < 4.78 is 7.42. The standard InChI is InChI=1S/C10H20N4O/c1-5-15-10(2,3)9(13-11)8-6-12-14(4)7-8/h6-7,9,13H,5,11H2,1-4H3. The molecule has 0 amide bonds. The zero-order valence-electron chi connectivity index (χ0n) is 9.82. The van der Waals surface area contributed by atoms with E-state index in [4.69, 9.17) is 10.6 Å². The molecule has 0 aliphatic carbocycles. The van der Waals surface area contributed by atoms with Crippen molar-refractivity contribution in [3.05, 3.63) is 18.0 Å². The maximum Gasteiger partial charge on any atom is 0.0834 e. The zero-order valence-corrected chi connectivity index (χ0v) is 9.82. The van der Waals surface area contributed by atoms with Crippen molar-refractivity contribution < 1.29 is 4.74 Å². The quantitative estimate of drug-likeness (QED) is 0.558. The summed E-state index contributed by atoms with van der Waals surface area (Å²) in [6.07, 6.45) is 3.73. The van der Waals surface area contributed by atoms with Gasteiger partial charge < -0.3 is 4.74 Å². The van der Waals surface area contributed by atoms with Crippen molar-refractivity contribution in [1.29, 1.82) is 0 Å². The van der Waals surface area contributed by atoms with Gasteiger partial charge in [0.15, 0.2) is 0 Å². The normalized spacial score (nSPS) is 14.2. The van der Waals surface area contributed by atoms with E-state index < -0.39 is 0 Å². The van der Waals surface area contributed by atoms with E-state index in [1.54, 1.807) is 10.9 Å². The third-order valence-electron chi connectivity index (χ3n) is 2.44. The molecule has 86 valence electrons. The van der Waals surface area contributed by atoms with E-state index in [9.17, 15) is 0 Å². The van der Waals surface area contributed by atoms with Crippen LogP contribution >= 0.6 is 0 Å². The number of ether oxygens (including phenoxy) is 1. The minimum atomic E-state index is -0.355. The molecule has 1 rings (SSSR count). The van der Waals surface area contributed by atoms with Crippen LogP contribution in [0.4, 0.5) is 0 Å². The minimum absolute atomic E-state index is 0.0638. The van der Waals surface area contributed by atoms with Crippen LogP contribution in [-0.4, -0.2) is 22.0 Å². The van der Waals surface area contributed by atoms with Gasteiger partial charge in [0.25, 0.3) is 0 Å². The lowest BCUT2D eigenvalue weighted by molar-refractivity contribution is -0.0392. The summed E-state index contributed by atoms with van der Waals surface area (Å²) in [6, 6.07) is -0.0638. The second kappa shape index (κ2) is 4.74. The molecular formula is C10H20N4O. The fourth-order valence-electron chi connectivity index (χ4n) is 1.74. The Hall–Kier alpha value is -0.910. The number of aryl methyl sites for hydroxylation is 1. The lowest BCUT2D eigenvalue weighted by atomic mass is 9.94. The number of aromatic nitrogens is 2. The minimum Gasteiger partial charge on any atom is -0.374 e. The summed E-state index contributed by atoms with van der Waals surface area (Å²) >= 11 is 0. The van der Waals surface area contributed by atoms with Gasteiger partial charge in [0, 0.05) is 25.4 Å². The van der Waals surface area contributed by atoms with Crippen molar-refractivity contribution >= 4 is 0 Å². The van der Waals surface area contributed by atoms with Crippen molar-refractivity contribution in [2.24, 2.45) is 12.9 Å². The van der Waals surface area contributed by atoms with Gasteiger partial charge in [-0.2, -0.15) is 5.10 Å². The predicted octanol–water partition coefficient (Wildman–Crippen LogP) is 0.740. The number of nitrogens with zero attached hydrogens (tertiary/aromatic N) is 2. The molecule has 1 atom stereocenters.